The molecule has 0 saturated heterocycles. The van der Waals surface area contributed by atoms with E-state index in [0.717, 1.165) is 0 Å². The summed E-state index contributed by atoms with van der Waals surface area (Å²) in [5.41, 5.74) is -3.08. The van der Waals surface area contributed by atoms with E-state index in [1.54, 1.807) is 41.5 Å². The molecule has 0 unspecified atom stereocenters. The Bertz CT molecular complexity index is 1020. The molecule has 0 aliphatic rings. The van der Waals surface area contributed by atoms with Gasteiger partial charge in [0.15, 0.2) is 0 Å². The van der Waals surface area contributed by atoms with Gasteiger partial charge in [-0.3, -0.25) is 24.0 Å². The van der Waals surface area contributed by atoms with Crippen LogP contribution in [0.15, 0.2) is 0 Å². The molecule has 0 fully saturated rings. The number of esters is 2. The second kappa shape index (κ2) is 18.1. The number of hydrogen-bond acceptors (Lipinski definition) is 9. The predicted octanol–water partition coefficient (Wildman–Crippen LogP) is 0.470. The van der Waals surface area contributed by atoms with Gasteiger partial charge in [-0.05, 0) is 52.4 Å². The fourth-order valence-corrected chi connectivity index (χ4v) is 4.31. The van der Waals surface area contributed by atoms with Gasteiger partial charge in [0.1, 0.15) is 23.2 Å². The third-order valence-corrected chi connectivity index (χ3v) is 6.58. The Labute approximate surface area is 254 Å². The molecule has 0 bridgehead atoms. The van der Waals surface area contributed by atoms with Crippen LogP contribution in [0.25, 0.3) is 0 Å². The standard InChI is InChI=1S/C29H51N5O9/c1-11-42-24(38)22(17(3)4)31-26(40)28(9,33-19(7)35)14-13-15-30-21(37)16-29(10,34-20(8)36)27(41)32-23(18(5)6)25(39)43-12-2/h17-18,22-23H,11-16H2,1-10H3,(H,30,37)(H,31,40)(H,32,41)(H,33,35)(H,34,36)/t22-,23-,28-,29+/m0/s1. The van der Waals surface area contributed by atoms with Crippen LogP contribution in [0.3, 0.4) is 0 Å². The Morgan fingerprint density at radius 3 is 1.44 bits per heavy atom. The number of ether oxygens (including phenoxy) is 2. The zero-order chi connectivity index (χ0) is 33.5. The lowest BCUT2D eigenvalue weighted by Gasteiger charge is -2.32. The molecule has 0 aromatic heterocycles. The van der Waals surface area contributed by atoms with Crippen molar-refractivity contribution < 1.29 is 43.0 Å². The molecule has 43 heavy (non-hydrogen) atoms. The van der Waals surface area contributed by atoms with E-state index in [0.29, 0.717) is 0 Å². The van der Waals surface area contributed by atoms with Gasteiger partial charge in [-0.2, -0.15) is 0 Å². The molecular formula is C29H51N5O9. The van der Waals surface area contributed by atoms with E-state index >= 15 is 0 Å². The Morgan fingerprint density at radius 1 is 0.674 bits per heavy atom. The second-order valence-electron chi connectivity index (χ2n) is 11.6. The number of amides is 5. The summed E-state index contributed by atoms with van der Waals surface area (Å²) >= 11 is 0. The molecule has 14 nitrogen and oxygen atoms in total. The predicted molar refractivity (Wildman–Crippen MR) is 158 cm³/mol. The highest BCUT2D eigenvalue weighted by Crippen LogP contribution is 2.16. The first kappa shape index (κ1) is 39.3. The molecule has 0 aromatic rings. The fraction of sp³-hybridized carbons (Fsp3) is 0.759. The molecule has 0 aromatic carbocycles. The second-order valence-corrected chi connectivity index (χ2v) is 11.6. The molecular weight excluding hydrogens is 562 g/mol. The molecule has 0 rings (SSSR count). The van der Waals surface area contributed by atoms with Crippen molar-refractivity contribution in [3.8, 4) is 0 Å². The number of rotatable bonds is 18. The molecule has 0 aliphatic carbocycles. The lowest BCUT2D eigenvalue weighted by molar-refractivity contribution is -0.150. The van der Waals surface area contributed by atoms with E-state index in [-0.39, 0.29) is 44.4 Å². The van der Waals surface area contributed by atoms with Gasteiger partial charge in [-0.1, -0.05) is 27.7 Å². The number of hydrogen-bond donors (Lipinski definition) is 5. The maximum atomic E-state index is 13.2. The topological polar surface area (TPSA) is 198 Å². The van der Waals surface area contributed by atoms with Crippen LogP contribution in [-0.2, 0) is 43.0 Å². The highest BCUT2D eigenvalue weighted by molar-refractivity contribution is 5.97. The van der Waals surface area contributed by atoms with E-state index in [1.165, 1.54) is 27.7 Å². The third kappa shape index (κ3) is 13.4. The maximum Gasteiger partial charge on any atom is 0.328 e. The van der Waals surface area contributed by atoms with Crippen molar-refractivity contribution in [2.75, 3.05) is 19.8 Å². The van der Waals surface area contributed by atoms with Crippen molar-refractivity contribution in [1.82, 2.24) is 26.6 Å². The molecule has 0 heterocycles. The van der Waals surface area contributed by atoms with E-state index in [1.807, 2.05) is 0 Å². The summed E-state index contributed by atoms with van der Waals surface area (Å²) in [7, 11) is 0. The summed E-state index contributed by atoms with van der Waals surface area (Å²) in [6.07, 6.45) is -0.0977. The Morgan fingerprint density at radius 2 is 1.07 bits per heavy atom. The molecule has 0 radical (unpaired) electrons. The van der Waals surface area contributed by atoms with E-state index in [4.69, 9.17) is 9.47 Å². The molecule has 14 heteroatoms. The summed E-state index contributed by atoms with van der Waals surface area (Å²) in [5, 5.41) is 13.0. The van der Waals surface area contributed by atoms with Crippen molar-refractivity contribution in [1.29, 1.82) is 0 Å². The van der Waals surface area contributed by atoms with Gasteiger partial charge in [0.25, 0.3) is 0 Å². The van der Waals surface area contributed by atoms with Crippen molar-refractivity contribution in [2.45, 2.75) is 112 Å². The first-order chi connectivity index (χ1) is 19.8. The highest BCUT2D eigenvalue weighted by atomic mass is 16.5. The normalized spacial score (nSPS) is 15.2. The lowest BCUT2D eigenvalue weighted by atomic mass is 9.92. The van der Waals surface area contributed by atoms with Gasteiger partial charge in [0, 0.05) is 20.4 Å². The SMILES string of the molecule is CCOC(=O)[C@@H](NC(=O)[C@@](C)(CC(=O)NCCC[C@](C)(NC(C)=O)C(=O)N[C@H](C(=O)OCC)C(C)C)NC(C)=O)C(C)C. The Balaban J connectivity index is 5.51. The van der Waals surface area contributed by atoms with Gasteiger partial charge in [0.05, 0.1) is 19.6 Å². The van der Waals surface area contributed by atoms with E-state index in [9.17, 15) is 33.6 Å². The van der Waals surface area contributed by atoms with Crippen molar-refractivity contribution in [3.63, 3.8) is 0 Å². The minimum atomic E-state index is -1.68. The van der Waals surface area contributed by atoms with Crippen molar-refractivity contribution in [2.24, 2.45) is 11.8 Å². The van der Waals surface area contributed by atoms with Gasteiger partial charge < -0.3 is 36.1 Å². The summed E-state index contributed by atoms with van der Waals surface area (Å²) < 4.78 is 10.1. The van der Waals surface area contributed by atoms with E-state index < -0.39 is 71.1 Å². The van der Waals surface area contributed by atoms with Crippen LogP contribution in [-0.4, -0.2) is 84.4 Å². The van der Waals surface area contributed by atoms with Crippen LogP contribution >= 0.6 is 0 Å². The smallest absolute Gasteiger partial charge is 0.328 e. The molecule has 5 amide bonds. The average molecular weight is 614 g/mol. The van der Waals surface area contributed by atoms with Crippen LogP contribution in [0.1, 0.15) is 88.5 Å². The zero-order valence-electron chi connectivity index (χ0n) is 27.2. The molecule has 4 atom stereocenters. The Hall–Kier alpha value is -3.71. The highest BCUT2D eigenvalue weighted by Gasteiger charge is 2.40. The number of carbonyl (C=O) groups excluding carboxylic acids is 7. The number of carbonyl (C=O) groups is 7. The quantitative estimate of drug-likeness (QED) is 0.108. The molecule has 0 aliphatic heterocycles. The Kier molecular flexibility index (Phi) is 16.5. The van der Waals surface area contributed by atoms with Gasteiger partial charge in [0.2, 0.25) is 29.5 Å². The molecule has 246 valence electrons. The zero-order valence-corrected chi connectivity index (χ0v) is 27.2. The van der Waals surface area contributed by atoms with Crippen molar-refractivity contribution >= 4 is 41.5 Å². The molecule has 5 N–H and O–H groups in total. The fourth-order valence-electron chi connectivity index (χ4n) is 4.31. The minimum Gasteiger partial charge on any atom is -0.464 e. The summed E-state index contributed by atoms with van der Waals surface area (Å²) in [4.78, 5) is 87.7. The summed E-state index contributed by atoms with van der Waals surface area (Å²) in [6, 6.07) is -1.91. The van der Waals surface area contributed by atoms with Crippen LogP contribution < -0.4 is 26.6 Å². The van der Waals surface area contributed by atoms with Gasteiger partial charge in [-0.25, -0.2) is 9.59 Å². The minimum absolute atomic E-state index is 0.0714. The third-order valence-electron chi connectivity index (χ3n) is 6.58. The summed E-state index contributed by atoms with van der Waals surface area (Å²) in [6.45, 7) is 15.9. The first-order valence-corrected chi connectivity index (χ1v) is 14.6. The lowest BCUT2D eigenvalue weighted by Crippen LogP contribution is -2.61. The largest absolute Gasteiger partial charge is 0.464 e. The monoisotopic (exact) mass is 613 g/mol. The van der Waals surface area contributed by atoms with Gasteiger partial charge >= 0.3 is 11.9 Å². The summed E-state index contributed by atoms with van der Waals surface area (Å²) in [5.74, 6) is -4.71. The van der Waals surface area contributed by atoms with Crippen LogP contribution in [0.2, 0.25) is 0 Å². The van der Waals surface area contributed by atoms with Crippen LogP contribution in [0.5, 0.6) is 0 Å². The molecule has 0 spiro atoms. The average Bonchev–Trinajstić information content (AvgIpc) is 2.86. The number of nitrogens with one attached hydrogen (secondary N) is 5. The van der Waals surface area contributed by atoms with E-state index in [2.05, 4.69) is 26.6 Å². The van der Waals surface area contributed by atoms with Crippen LogP contribution in [0.4, 0.5) is 0 Å². The van der Waals surface area contributed by atoms with Crippen molar-refractivity contribution in [3.05, 3.63) is 0 Å². The molecule has 0 saturated carbocycles. The maximum absolute atomic E-state index is 13.2. The van der Waals surface area contributed by atoms with Crippen LogP contribution in [0, 0.1) is 11.8 Å². The van der Waals surface area contributed by atoms with Gasteiger partial charge in [-0.15, -0.1) is 0 Å². The first-order valence-electron chi connectivity index (χ1n) is 14.6.